The number of rotatable bonds is 3. The minimum Gasteiger partial charge on any atom is -0.504 e. The van der Waals surface area contributed by atoms with Gasteiger partial charge in [0.15, 0.2) is 16.7 Å². The molecule has 0 saturated carbocycles. The molecule has 128 valence electrons. The summed E-state index contributed by atoms with van der Waals surface area (Å²) in [5, 5.41) is 10.6. The number of thioether (sulfide) groups is 1. The number of benzene rings is 2. The molecule has 1 aliphatic heterocycles. The molecule has 3 rings (SSSR count). The van der Waals surface area contributed by atoms with Gasteiger partial charge in [-0.1, -0.05) is 12.1 Å². The Hall–Kier alpha value is -2.80. The molecule has 1 N–H and O–H groups in total. The maximum Gasteiger partial charge on any atom is 0.266 e. The first-order valence-electron chi connectivity index (χ1n) is 7.37. The number of aromatic hydroxyl groups is 1. The average Bonchev–Trinajstić information content (AvgIpc) is 2.87. The molecule has 0 unspecified atom stereocenters. The molecular formula is C18H15FN2O3S. The van der Waals surface area contributed by atoms with E-state index in [0.717, 1.165) is 0 Å². The van der Waals surface area contributed by atoms with Crippen molar-refractivity contribution in [2.24, 2.45) is 4.99 Å². The summed E-state index contributed by atoms with van der Waals surface area (Å²) in [6.07, 6.45) is 1.59. The third-order valence-corrected chi connectivity index (χ3v) is 4.65. The molecule has 1 fully saturated rings. The second kappa shape index (κ2) is 6.98. The average molecular weight is 358 g/mol. The SMILES string of the molecule is COc1cccc(/C=C2/SC(=Nc3ccc(F)cc3)N(C)C2=O)c1O. The van der Waals surface area contributed by atoms with Crippen molar-refractivity contribution in [3.8, 4) is 11.5 Å². The number of amidine groups is 1. The molecule has 7 heteroatoms. The first kappa shape index (κ1) is 17.0. The molecule has 0 radical (unpaired) electrons. The maximum absolute atomic E-state index is 13.0. The molecule has 0 bridgehead atoms. The Balaban J connectivity index is 1.92. The minimum atomic E-state index is -0.346. The number of likely N-dealkylation sites (N-methyl/N-ethyl adjacent to an activating group) is 1. The summed E-state index contributed by atoms with van der Waals surface area (Å²) < 4.78 is 18.1. The maximum atomic E-state index is 13.0. The lowest BCUT2D eigenvalue weighted by atomic mass is 10.1. The molecule has 1 aliphatic rings. The normalized spacial score (nSPS) is 17.6. The third kappa shape index (κ3) is 3.51. The fourth-order valence-corrected chi connectivity index (χ4v) is 3.22. The van der Waals surface area contributed by atoms with Crippen molar-refractivity contribution in [2.45, 2.75) is 0 Å². The molecule has 1 heterocycles. The van der Waals surface area contributed by atoms with E-state index in [1.807, 2.05) is 0 Å². The van der Waals surface area contributed by atoms with Crippen LogP contribution in [0.5, 0.6) is 11.5 Å². The Morgan fingerprint density at radius 1 is 1.24 bits per heavy atom. The van der Waals surface area contributed by atoms with Gasteiger partial charge in [-0.15, -0.1) is 0 Å². The number of nitrogens with zero attached hydrogens (tertiary/aromatic N) is 2. The van der Waals surface area contributed by atoms with Gasteiger partial charge in [0.2, 0.25) is 0 Å². The summed E-state index contributed by atoms with van der Waals surface area (Å²) in [7, 11) is 3.08. The van der Waals surface area contributed by atoms with Crippen molar-refractivity contribution in [1.29, 1.82) is 0 Å². The van der Waals surface area contributed by atoms with Gasteiger partial charge in [0, 0.05) is 12.6 Å². The van der Waals surface area contributed by atoms with Gasteiger partial charge in [-0.3, -0.25) is 9.69 Å². The van der Waals surface area contributed by atoms with E-state index in [1.54, 1.807) is 31.3 Å². The fraction of sp³-hybridized carbons (Fsp3) is 0.111. The molecule has 5 nitrogen and oxygen atoms in total. The van der Waals surface area contributed by atoms with Gasteiger partial charge in [-0.05, 0) is 48.2 Å². The zero-order valence-electron chi connectivity index (χ0n) is 13.6. The van der Waals surface area contributed by atoms with Crippen LogP contribution >= 0.6 is 11.8 Å². The highest BCUT2D eigenvalue weighted by Gasteiger charge is 2.30. The van der Waals surface area contributed by atoms with Gasteiger partial charge in [0.1, 0.15) is 5.82 Å². The zero-order chi connectivity index (χ0) is 18.0. The van der Waals surface area contributed by atoms with Gasteiger partial charge >= 0.3 is 0 Å². The van der Waals surface area contributed by atoms with Crippen LogP contribution in [0.2, 0.25) is 0 Å². The fourth-order valence-electron chi connectivity index (χ4n) is 2.24. The lowest BCUT2D eigenvalue weighted by Crippen LogP contribution is -2.23. The molecular weight excluding hydrogens is 343 g/mol. The van der Waals surface area contributed by atoms with Crippen molar-refractivity contribution < 1.29 is 19.0 Å². The molecule has 0 aromatic heterocycles. The number of phenolic OH excluding ortho intramolecular Hbond substituents is 1. The predicted octanol–water partition coefficient (Wildman–Crippen LogP) is 3.77. The van der Waals surface area contributed by atoms with E-state index >= 15 is 0 Å². The summed E-state index contributed by atoms with van der Waals surface area (Å²) in [6.45, 7) is 0. The first-order valence-corrected chi connectivity index (χ1v) is 8.19. The number of hydrogen-bond donors (Lipinski definition) is 1. The van der Waals surface area contributed by atoms with Crippen molar-refractivity contribution in [3.63, 3.8) is 0 Å². The van der Waals surface area contributed by atoms with Crippen LogP contribution in [-0.2, 0) is 4.79 Å². The van der Waals surface area contributed by atoms with E-state index in [-0.39, 0.29) is 17.5 Å². The molecule has 0 atom stereocenters. The van der Waals surface area contributed by atoms with Crippen molar-refractivity contribution in [1.82, 2.24) is 4.90 Å². The second-order valence-electron chi connectivity index (χ2n) is 5.24. The first-order chi connectivity index (χ1) is 12.0. The molecule has 2 aromatic carbocycles. The Labute approximate surface area is 148 Å². The van der Waals surface area contributed by atoms with Gasteiger partial charge in [-0.2, -0.15) is 0 Å². The van der Waals surface area contributed by atoms with Crippen LogP contribution in [-0.4, -0.2) is 35.2 Å². The third-order valence-electron chi connectivity index (χ3n) is 3.59. The van der Waals surface area contributed by atoms with Crippen molar-refractivity contribution >= 4 is 34.6 Å². The molecule has 1 amide bonds. The number of halogens is 1. The van der Waals surface area contributed by atoms with E-state index in [4.69, 9.17) is 4.74 Å². The predicted molar refractivity (Wildman–Crippen MR) is 96.5 cm³/mol. The number of amides is 1. The number of hydrogen-bond acceptors (Lipinski definition) is 5. The summed E-state index contributed by atoms with van der Waals surface area (Å²) in [6, 6.07) is 10.7. The van der Waals surface area contributed by atoms with Crippen LogP contribution < -0.4 is 4.74 Å². The molecule has 1 saturated heterocycles. The van der Waals surface area contributed by atoms with E-state index in [0.29, 0.717) is 27.1 Å². The van der Waals surface area contributed by atoms with Crippen LogP contribution in [0.1, 0.15) is 5.56 Å². The van der Waals surface area contributed by atoms with Crippen molar-refractivity contribution in [3.05, 3.63) is 58.8 Å². The minimum absolute atomic E-state index is 0.0301. The Kier molecular flexibility index (Phi) is 4.76. The Bertz CT molecular complexity index is 878. The van der Waals surface area contributed by atoms with Crippen LogP contribution in [0.3, 0.4) is 0 Å². The number of aliphatic imine (C=N–C) groups is 1. The number of carbonyl (C=O) groups is 1. The van der Waals surface area contributed by atoms with Crippen LogP contribution in [0.15, 0.2) is 52.4 Å². The summed E-state index contributed by atoms with van der Waals surface area (Å²) in [5.74, 6) is -0.273. The van der Waals surface area contributed by atoms with Crippen LogP contribution in [0.4, 0.5) is 10.1 Å². The largest absolute Gasteiger partial charge is 0.504 e. The second-order valence-corrected chi connectivity index (χ2v) is 6.25. The molecule has 0 aliphatic carbocycles. The number of phenols is 1. The van der Waals surface area contributed by atoms with Crippen molar-refractivity contribution in [2.75, 3.05) is 14.2 Å². The number of ether oxygens (including phenoxy) is 1. The lowest BCUT2D eigenvalue weighted by molar-refractivity contribution is -0.121. The van der Waals surface area contributed by atoms with E-state index in [2.05, 4.69) is 4.99 Å². The Morgan fingerprint density at radius 3 is 2.64 bits per heavy atom. The van der Waals surface area contributed by atoms with Gasteiger partial charge in [-0.25, -0.2) is 9.38 Å². The number of carbonyl (C=O) groups excluding carboxylic acids is 1. The lowest BCUT2D eigenvalue weighted by Gasteiger charge is -2.07. The summed E-state index contributed by atoms with van der Waals surface area (Å²) >= 11 is 1.18. The highest BCUT2D eigenvalue weighted by molar-refractivity contribution is 8.18. The molecule has 0 spiro atoms. The van der Waals surface area contributed by atoms with Gasteiger partial charge in [0.05, 0.1) is 17.7 Å². The van der Waals surface area contributed by atoms with Crippen LogP contribution in [0.25, 0.3) is 6.08 Å². The molecule has 25 heavy (non-hydrogen) atoms. The number of para-hydroxylation sites is 1. The quantitative estimate of drug-likeness (QED) is 0.849. The topological polar surface area (TPSA) is 62.1 Å². The molecule has 2 aromatic rings. The van der Waals surface area contributed by atoms with Crippen LogP contribution in [0, 0.1) is 5.82 Å². The van der Waals surface area contributed by atoms with E-state index in [9.17, 15) is 14.3 Å². The van der Waals surface area contributed by atoms with E-state index in [1.165, 1.54) is 48.0 Å². The standard InChI is InChI=1S/C18H15FN2O3S/c1-21-17(23)15(10-11-4-3-5-14(24-2)16(11)22)25-18(21)20-13-8-6-12(19)7-9-13/h3-10,22H,1-2H3/b15-10+,20-18?. The highest BCUT2D eigenvalue weighted by atomic mass is 32.2. The summed E-state index contributed by atoms with van der Waals surface area (Å²) in [5.41, 5.74) is 1.03. The Morgan fingerprint density at radius 2 is 1.96 bits per heavy atom. The monoisotopic (exact) mass is 358 g/mol. The van der Waals surface area contributed by atoms with Gasteiger partial charge < -0.3 is 9.84 Å². The van der Waals surface area contributed by atoms with Gasteiger partial charge in [0.25, 0.3) is 5.91 Å². The smallest absolute Gasteiger partial charge is 0.266 e. The number of methoxy groups -OCH3 is 1. The summed E-state index contributed by atoms with van der Waals surface area (Å²) in [4.78, 5) is 18.6. The highest BCUT2D eigenvalue weighted by Crippen LogP contribution is 2.36. The van der Waals surface area contributed by atoms with E-state index < -0.39 is 0 Å². The zero-order valence-corrected chi connectivity index (χ0v) is 14.4.